The third-order valence-electron chi connectivity index (χ3n) is 4.22. The van der Waals surface area contributed by atoms with E-state index >= 15 is 0 Å². The van der Waals surface area contributed by atoms with Gasteiger partial charge in [0.05, 0.1) is 23.3 Å². The van der Waals surface area contributed by atoms with Gasteiger partial charge in [0.1, 0.15) is 13.2 Å². The first kappa shape index (κ1) is 16.9. The molecule has 1 aromatic rings. The van der Waals surface area contributed by atoms with Gasteiger partial charge in [-0.3, -0.25) is 0 Å². The molecule has 0 aliphatic carbocycles. The molecular weight excluding hydrogens is 312 g/mol. The van der Waals surface area contributed by atoms with E-state index in [-0.39, 0.29) is 36.5 Å². The fourth-order valence-corrected chi connectivity index (χ4v) is 2.88. The van der Waals surface area contributed by atoms with Crippen molar-refractivity contribution in [2.24, 2.45) is 0 Å². The van der Waals surface area contributed by atoms with Gasteiger partial charge in [0.25, 0.3) is 0 Å². The van der Waals surface area contributed by atoms with E-state index in [9.17, 15) is 9.59 Å². The van der Waals surface area contributed by atoms with E-state index in [1.165, 1.54) is 0 Å². The van der Waals surface area contributed by atoms with Crippen molar-refractivity contribution < 1.29 is 28.5 Å². The van der Waals surface area contributed by atoms with Gasteiger partial charge in [-0.25, -0.2) is 9.59 Å². The molecule has 0 radical (unpaired) electrons. The molecule has 0 N–H and O–H groups in total. The lowest BCUT2D eigenvalue weighted by Crippen LogP contribution is -2.22. The Hall–Kier alpha value is -1.92. The summed E-state index contributed by atoms with van der Waals surface area (Å²) in [5.41, 5.74) is 0.431. The minimum absolute atomic E-state index is 0.0485. The molecule has 2 atom stereocenters. The van der Waals surface area contributed by atoms with E-state index in [1.807, 2.05) is 0 Å². The Labute approximate surface area is 141 Å². The highest BCUT2D eigenvalue weighted by Crippen LogP contribution is 2.17. The van der Waals surface area contributed by atoms with Crippen molar-refractivity contribution >= 4 is 11.9 Å². The summed E-state index contributed by atoms with van der Waals surface area (Å²) in [6.45, 7) is 1.82. The number of rotatable bonds is 6. The Morgan fingerprint density at radius 1 is 0.875 bits per heavy atom. The van der Waals surface area contributed by atoms with E-state index in [0.717, 1.165) is 25.7 Å². The van der Waals surface area contributed by atoms with Gasteiger partial charge in [0, 0.05) is 13.2 Å². The van der Waals surface area contributed by atoms with E-state index in [1.54, 1.807) is 24.3 Å². The van der Waals surface area contributed by atoms with Gasteiger partial charge in [-0.2, -0.15) is 0 Å². The zero-order valence-corrected chi connectivity index (χ0v) is 13.6. The van der Waals surface area contributed by atoms with Crippen LogP contribution < -0.4 is 0 Å². The van der Waals surface area contributed by atoms with Crippen molar-refractivity contribution in [2.45, 2.75) is 37.9 Å². The molecule has 0 amide bonds. The summed E-state index contributed by atoms with van der Waals surface area (Å²) < 4.78 is 21.4. The standard InChI is InChI=1S/C18H22O6/c19-17(23-11-13-5-3-9-21-13)15-7-1-2-8-16(15)18(20)24-12-14-6-4-10-22-14/h1-2,7-8,13-14H,3-6,9-12H2/t13-,14-/m1/s1. The van der Waals surface area contributed by atoms with Crippen molar-refractivity contribution in [3.8, 4) is 0 Å². The minimum atomic E-state index is -0.532. The molecule has 0 saturated carbocycles. The molecule has 0 spiro atoms. The van der Waals surface area contributed by atoms with Crippen LogP contribution in [0.15, 0.2) is 24.3 Å². The van der Waals surface area contributed by atoms with Crippen molar-refractivity contribution in [3.05, 3.63) is 35.4 Å². The largest absolute Gasteiger partial charge is 0.459 e. The van der Waals surface area contributed by atoms with E-state index in [0.29, 0.717) is 13.2 Å². The summed E-state index contributed by atoms with van der Waals surface area (Å²) in [5.74, 6) is -1.06. The summed E-state index contributed by atoms with van der Waals surface area (Å²) in [7, 11) is 0. The molecular formula is C18H22O6. The van der Waals surface area contributed by atoms with Gasteiger partial charge in [-0.05, 0) is 37.8 Å². The quantitative estimate of drug-likeness (QED) is 0.744. The second-order valence-electron chi connectivity index (χ2n) is 6.01. The van der Waals surface area contributed by atoms with Crippen LogP contribution in [-0.4, -0.2) is 50.6 Å². The van der Waals surface area contributed by atoms with Crippen LogP contribution in [-0.2, 0) is 18.9 Å². The minimum Gasteiger partial charge on any atom is -0.459 e. The number of esters is 2. The summed E-state index contributed by atoms with van der Waals surface area (Å²) in [6.07, 6.45) is 3.64. The van der Waals surface area contributed by atoms with Crippen LogP contribution >= 0.6 is 0 Å². The van der Waals surface area contributed by atoms with Crippen molar-refractivity contribution in [1.29, 1.82) is 0 Å². The zero-order chi connectivity index (χ0) is 16.8. The summed E-state index contributed by atoms with van der Waals surface area (Å²) >= 11 is 0. The highest BCUT2D eigenvalue weighted by Gasteiger charge is 2.23. The maximum Gasteiger partial charge on any atom is 0.339 e. The molecule has 0 unspecified atom stereocenters. The smallest absolute Gasteiger partial charge is 0.339 e. The molecule has 24 heavy (non-hydrogen) atoms. The van der Waals surface area contributed by atoms with E-state index in [4.69, 9.17) is 18.9 Å². The predicted octanol–water partition coefficient (Wildman–Crippen LogP) is 2.36. The zero-order valence-electron chi connectivity index (χ0n) is 13.6. The van der Waals surface area contributed by atoms with Crippen molar-refractivity contribution in [2.75, 3.05) is 26.4 Å². The van der Waals surface area contributed by atoms with Gasteiger partial charge in [0.15, 0.2) is 0 Å². The Balaban J connectivity index is 1.58. The normalized spacial score (nSPS) is 23.2. The SMILES string of the molecule is O=C(OC[C@H]1CCCO1)c1ccccc1C(=O)OC[C@H]1CCCO1. The monoisotopic (exact) mass is 334 g/mol. The Morgan fingerprint density at radius 2 is 1.33 bits per heavy atom. The highest BCUT2D eigenvalue weighted by molar-refractivity contribution is 6.03. The second-order valence-corrected chi connectivity index (χ2v) is 6.01. The van der Waals surface area contributed by atoms with Crippen LogP contribution in [0.25, 0.3) is 0 Å². The van der Waals surface area contributed by atoms with Crippen LogP contribution in [0.1, 0.15) is 46.4 Å². The average molecular weight is 334 g/mol. The molecule has 2 saturated heterocycles. The van der Waals surface area contributed by atoms with Crippen LogP contribution in [0.2, 0.25) is 0 Å². The fourth-order valence-electron chi connectivity index (χ4n) is 2.88. The van der Waals surface area contributed by atoms with Gasteiger partial charge in [-0.1, -0.05) is 12.1 Å². The van der Waals surface area contributed by atoms with Crippen LogP contribution in [0.3, 0.4) is 0 Å². The van der Waals surface area contributed by atoms with Crippen molar-refractivity contribution in [3.63, 3.8) is 0 Å². The molecule has 1 aromatic carbocycles. The first-order chi connectivity index (χ1) is 11.7. The molecule has 6 nitrogen and oxygen atoms in total. The Bertz CT molecular complexity index is 522. The van der Waals surface area contributed by atoms with Gasteiger partial charge < -0.3 is 18.9 Å². The van der Waals surface area contributed by atoms with Gasteiger partial charge >= 0.3 is 11.9 Å². The fraction of sp³-hybridized carbons (Fsp3) is 0.556. The number of carbonyl (C=O) groups is 2. The molecule has 0 aromatic heterocycles. The molecule has 3 rings (SSSR count). The second kappa shape index (κ2) is 8.26. The lowest BCUT2D eigenvalue weighted by molar-refractivity contribution is 0.0130. The molecule has 2 heterocycles. The molecule has 2 fully saturated rings. The average Bonchev–Trinajstić information content (AvgIpc) is 3.31. The first-order valence-electron chi connectivity index (χ1n) is 8.40. The highest BCUT2D eigenvalue weighted by atomic mass is 16.6. The number of hydrogen-bond donors (Lipinski definition) is 0. The van der Waals surface area contributed by atoms with E-state index < -0.39 is 11.9 Å². The van der Waals surface area contributed by atoms with Crippen LogP contribution in [0.4, 0.5) is 0 Å². The third kappa shape index (κ3) is 4.33. The molecule has 6 heteroatoms. The first-order valence-corrected chi connectivity index (χ1v) is 8.40. The number of ether oxygens (including phenoxy) is 4. The summed E-state index contributed by atoms with van der Waals surface area (Å²) in [6, 6.07) is 6.53. The molecule has 2 aliphatic rings. The third-order valence-corrected chi connectivity index (χ3v) is 4.22. The maximum absolute atomic E-state index is 12.3. The molecule has 2 aliphatic heterocycles. The topological polar surface area (TPSA) is 71.1 Å². The lowest BCUT2D eigenvalue weighted by atomic mass is 10.1. The number of carbonyl (C=O) groups excluding carboxylic acids is 2. The van der Waals surface area contributed by atoms with E-state index in [2.05, 4.69) is 0 Å². The van der Waals surface area contributed by atoms with Gasteiger partial charge in [-0.15, -0.1) is 0 Å². The lowest BCUT2D eigenvalue weighted by Gasteiger charge is -2.13. The predicted molar refractivity (Wildman–Crippen MR) is 85.0 cm³/mol. The number of hydrogen-bond acceptors (Lipinski definition) is 6. The van der Waals surface area contributed by atoms with Crippen molar-refractivity contribution in [1.82, 2.24) is 0 Å². The summed E-state index contributed by atoms with van der Waals surface area (Å²) in [5, 5.41) is 0. The van der Waals surface area contributed by atoms with Crippen LogP contribution in [0, 0.1) is 0 Å². The van der Waals surface area contributed by atoms with Crippen LogP contribution in [0.5, 0.6) is 0 Å². The molecule has 130 valence electrons. The Kier molecular flexibility index (Phi) is 5.82. The summed E-state index contributed by atoms with van der Waals surface area (Å²) in [4.78, 5) is 24.6. The van der Waals surface area contributed by atoms with Gasteiger partial charge in [0.2, 0.25) is 0 Å². The maximum atomic E-state index is 12.3. The molecule has 0 bridgehead atoms. The number of benzene rings is 1. The Morgan fingerprint density at radius 3 is 1.71 bits per heavy atom.